The highest BCUT2D eigenvalue weighted by Crippen LogP contribution is 2.37. The summed E-state index contributed by atoms with van der Waals surface area (Å²) in [7, 11) is -7.60. The predicted octanol–water partition coefficient (Wildman–Crippen LogP) is 0.802. The summed E-state index contributed by atoms with van der Waals surface area (Å²) >= 11 is 0.892. The van der Waals surface area contributed by atoms with Gasteiger partial charge >= 0.3 is 0 Å². The third kappa shape index (κ3) is 4.38. The molecule has 2 aromatic rings. The Balaban J connectivity index is 2.03. The number of hydrogen-bond acceptors (Lipinski definition) is 9. The van der Waals surface area contributed by atoms with Crippen molar-refractivity contribution < 1.29 is 21.9 Å². The standard InChI is InChI=1S/C17H23N3O5S3/c1-13-3-5-14(6-4-13)28(24,25)15-16(26-17(18-15)27(2,22)23)20-9-7-19(8-10-20)11-12-21/h3-6,21H,7-12H2,1-2H3. The van der Waals surface area contributed by atoms with E-state index in [-0.39, 0.29) is 20.9 Å². The lowest BCUT2D eigenvalue weighted by atomic mass is 10.2. The second-order valence-corrected chi connectivity index (χ2v) is 11.8. The molecule has 0 amide bonds. The van der Waals surface area contributed by atoms with Gasteiger partial charge in [-0.15, -0.1) is 0 Å². The van der Waals surface area contributed by atoms with Crippen LogP contribution >= 0.6 is 11.3 Å². The summed E-state index contributed by atoms with van der Waals surface area (Å²) in [5.41, 5.74) is 0.925. The van der Waals surface area contributed by atoms with Gasteiger partial charge in [-0.1, -0.05) is 29.0 Å². The Kier molecular flexibility index (Phi) is 6.11. The molecule has 1 N–H and O–H groups in total. The molecule has 3 rings (SSSR count). The van der Waals surface area contributed by atoms with Crippen LogP contribution in [0.1, 0.15) is 5.56 Å². The third-order valence-corrected chi connectivity index (χ3v) is 9.15. The molecule has 0 saturated carbocycles. The molecular weight excluding hydrogens is 422 g/mol. The number of β-amino-alcohol motifs (C(OH)–C–C–N with tert-alkyl or cyclic N) is 1. The monoisotopic (exact) mass is 445 g/mol. The van der Waals surface area contributed by atoms with Crippen LogP contribution in [0, 0.1) is 6.92 Å². The first-order chi connectivity index (χ1) is 13.1. The van der Waals surface area contributed by atoms with Crippen molar-refractivity contribution in [1.82, 2.24) is 9.88 Å². The lowest BCUT2D eigenvalue weighted by molar-refractivity contribution is 0.189. The molecule has 154 valence electrons. The summed E-state index contributed by atoms with van der Waals surface area (Å²) in [4.78, 5) is 8.05. The fourth-order valence-electron chi connectivity index (χ4n) is 2.96. The van der Waals surface area contributed by atoms with Crippen molar-refractivity contribution in [1.29, 1.82) is 0 Å². The van der Waals surface area contributed by atoms with Crippen molar-refractivity contribution in [3.63, 3.8) is 0 Å². The number of sulfone groups is 2. The minimum Gasteiger partial charge on any atom is -0.395 e. The van der Waals surface area contributed by atoms with Crippen LogP contribution in [-0.2, 0) is 19.7 Å². The number of rotatable bonds is 6. The molecule has 1 aliphatic rings. The summed E-state index contributed by atoms with van der Waals surface area (Å²) in [6.07, 6.45) is 1.02. The Morgan fingerprint density at radius 1 is 1.07 bits per heavy atom. The molecule has 0 unspecified atom stereocenters. The Hall–Kier alpha value is -1.53. The summed E-state index contributed by atoms with van der Waals surface area (Å²) in [6.45, 7) is 4.83. The van der Waals surface area contributed by atoms with Crippen LogP contribution in [0.15, 0.2) is 38.5 Å². The summed E-state index contributed by atoms with van der Waals surface area (Å²) in [5, 5.41) is 9.22. The van der Waals surface area contributed by atoms with Gasteiger partial charge in [0.25, 0.3) is 0 Å². The van der Waals surface area contributed by atoms with Crippen molar-refractivity contribution in [3.05, 3.63) is 29.8 Å². The number of aliphatic hydroxyl groups is 1. The van der Waals surface area contributed by atoms with Crippen LogP contribution < -0.4 is 4.90 Å². The first-order valence-corrected chi connectivity index (χ1v) is 12.9. The van der Waals surface area contributed by atoms with E-state index in [4.69, 9.17) is 5.11 Å². The fraction of sp³-hybridized carbons (Fsp3) is 0.471. The number of anilines is 1. The molecule has 0 radical (unpaired) electrons. The van der Waals surface area contributed by atoms with Crippen molar-refractivity contribution in [2.75, 3.05) is 50.5 Å². The zero-order chi connectivity index (χ0) is 20.5. The van der Waals surface area contributed by atoms with Crippen LogP contribution in [0.4, 0.5) is 5.00 Å². The molecule has 1 aromatic carbocycles. The van der Waals surface area contributed by atoms with Crippen LogP contribution in [0.3, 0.4) is 0 Å². The van der Waals surface area contributed by atoms with E-state index in [0.29, 0.717) is 37.7 Å². The number of aromatic nitrogens is 1. The largest absolute Gasteiger partial charge is 0.395 e. The van der Waals surface area contributed by atoms with Gasteiger partial charge in [-0.05, 0) is 19.1 Å². The second kappa shape index (κ2) is 8.07. The van der Waals surface area contributed by atoms with E-state index in [1.165, 1.54) is 12.1 Å². The average molecular weight is 446 g/mol. The van der Waals surface area contributed by atoms with Crippen molar-refractivity contribution in [3.8, 4) is 0 Å². The molecule has 1 aliphatic heterocycles. The molecule has 2 heterocycles. The molecule has 1 fully saturated rings. The molecule has 0 bridgehead atoms. The van der Waals surface area contributed by atoms with Gasteiger partial charge in [-0.3, -0.25) is 4.90 Å². The first kappa shape index (κ1) is 21.2. The van der Waals surface area contributed by atoms with E-state index in [1.807, 2.05) is 11.8 Å². The van der Waals surface area contributed by atoms with E-state index in [0.717, 1.165) is 23.2 Å². The zero-order valence-corrected chi connectivity index (χ0v) is 18.1. The second-order valence-electron chi connectivity index (χ2n) is 6.73. The number of thiazole rings is 1. The van der Waals surface area contributed by atoms with E-state index in [9.17, 15) is 16.8 Å². The average Bonchev–Trinajstić information content (AvgIpc) is 3.10. The molecule has 0 aliphatic carbocycles. The SMILES string of the molecule is Cc1ccc(S(=O)(=O)c2nc(S(C)(=O)=O)sc2N2CCN(CCO)CC2)cc1. The van der Waals surface area contributed by atoms with Crippen LogP contribution in [-0.4, -0.2) is 77.4 Å². The van der Waals surface area contributed by atoms with Crippen LogP contribution in [0.25, 0.3) is 0 Å². The maximum atomic E-state index is 13.2. The highest BCUT2D eigenvalue weighted by molar-refractivity contribution is 7.93. The molecule has 1 aromatic heterocycles. The number of aliphatic hydroxyl groups excluding tert-OH is 1. The Morgan fingerprint density at radius 3 is 2.21 bits per heavy atom. The van der Waals surface area contributed by atoms with Gasteiger partial charge in [-0.25, -0.2) is 21.8 Å². The Labute approximate surface area is 169 Å². The summed E-state index contributed by atoms with van der Waals surface area (Å²) in [6, 6.07) is 6.41. The van der Waals surface area contributed by atoms with E-state index >= 15 is 0 Å². The smallest absolute Gasteiger partial charge is 0.226 e. The minimum absolute atomic E-state index is 0.0613. The maximum Gasteiger partial charge on any atom is 0.226 e. The topological polar surface area (TPSA) is 108 Å². The van der Waals surface area contributed by atoms with E-state index in [1.54, 1.807) is 12.1 Å². The molecule has 8 nitrogen and oxygen atoms in total. The minimum atomic E-state index is -3.96. The van der Waals surface area contributed by atoms with Crippen LogP contribution in [0.2, 0.25) is 0 Å². The maximum absolute atomic E-state index is 13.2. The molecule has 11 heteroatoms. The molecular formula is C17H23N3O5S3. The third-order valence-electron chi connectivity index (χ3n) is 4.54. The first-order valence-electron chi connectivity index (χ1n) is 8.74. The highest BCUT2D eigenvalue weighted by Gasteiger charge is 2.32. The van der Waals surface area contributed by atoms with Gasteiger partial charge in [0, 0.05) is 39.0 Å². The molecule has 28 heavy (non-hydrogen) atoms. The number of hydrogen-bond donors (Lipinski definition) is 1. The quantitative estimate of drug-likeness (QED) is 0.696. The van der Waals surface area contributed by atoms with Crippen LogP contribution in [0.5, 0.6) is 0 Å². The summed E-state index contributed by atoms with van der Waals surface area (Å²) < 4.78 is 50.2. The Morgan fingerprint density at radius 2 is 1.68 bits per heavy atom. The molecule has 0 atom stereocenters. The highest BCUT2D eigenvalue weighted by atomic mass is 32.2. The lowest BCUT2D eigenvalue weighted by Gasteiger charge is -2.35. The van der Waals surface area contributed by atoms with E-state index < -0.39 is 19.7 Å². The van der Waals surface area contributed by atoms with Gasteiger partial charge in [0.2, 0.25) is 24.0 Å². The lowest BCUT2D eigenvalue weighted by Crippen LogP contribution is -2.47. The van der Waals surface area contributed by atoms with Gasteiger partial charge < -0.3 is 10.0 Å². The van der Waals surface area contributed by atoms with Gasteiger partial charge in [-0.2, -0.15) is 0 Å². The van der Waals surface area contributed by atoms with Crippen molar-refractivity contribution >= 4 is 36.0 Å². The normalized spacial score (nSPS) is 16.5. The van der Waals surface area contributed by atoms with Crippen molar-refractivity contribution in [2.24, 2.45) is 0 Å². The predicted molar refractivity (Wildman–Crippen MR) is 108 cm³/mol. The van der Waals surface area contributed by atoms with Gasteiger partial charge in [0.05, 0.1) is 11.5 Å². The van der Waals surface area contributed by atoms with Gasteiger partial charge in [0.15, 0.2) is 5.03 Å². The van der Waals surface area contributed by atoms with Crippen molar-refractivity contribution in [2.45, 2.75) is 21.2 Å². The van der Waals surface area contributed by atoms with Gasteiger partial charge in [0.1, 0.15) is 5.00 Å². The zero-order valence-electron chi connectivity index (χ0n) is 15.7. The number of aryl methyl sites for hydroxylation is 1. The molecule has 1 saturated heterocycles. The number of benzene rings is 1. The fourth-order valence-corrected chi connectivity index (χ4v) is 6.66. The summed E-state index contributed by atoms with van der Waals surface area (Å²) in [5.74, 6) is 0. The number of piperazine rings is 1. The Bertz CT molecular complexity index is 1040. The van der Waals surface area contributed by atoms with E-state index in [2.05, 4.69) is 9.88 Å². The molecule has 0 spiro atoms. The number of nitrogens with zero attached hydrogens (tertiary/aromatic N) is 3.